The van der Waals surface area contributed by atoms with Crippen LogP contribution in [0.3, 0.4) is 0 Å². The number of hydrogen-bond donors (Lipinski definition) is 0. The van der Waals surface area contributed by atoms with Gasteiger partial charge in [-0.05, 0) is 73.6 Å². The molecule has 1 aliphatic heterocycles. The van der Waals surface area contributed by atoms with E-state index >= 15 is 0 Å². The molecular formula is C28H30N4O3. The zero-order valence-electron chi connectivity index (χ0n) is 20.0. The van der Waals surface area contributed by atoms with Crippen molar-refractivity contribution in [3.8, 4) is 11.5 Å². The maximum absolute atomic E-state index is 13.6. The van der Waals surface area contributed by atoms with Crippen LogP contribution in [0.4, 0.5) is 0 Å². The molecule has 0 saturated carbocycles. The van der Waals surface area contributed by atoms with E-state index in [9.17, 15) is 4.79 Å². The molecule has 5 rings (SSSR count). The van der Waals surface area contributed by atoms with Crippen molar-refractivity contribution < 1.29 is 14.3 Å². The standard InChI is InChI=1S/C28H30N4O3/c1-34-26-11-4-10-24(27(26)35-20-23-9-2-3-14-29-23)28(33)31-16-5-7-21(13-18-31)19-22-8-6-17-32-25(22)12-15-30-32/h2-4,6,8-12,14-15,17,21H,5,7,13,16,18-20H2,1H3/t21-/m1/s1. The molecule has 7 nitrogen and oxygen atoms in total. The number of aromatic nitrogens is 3. The van der Waals surface area contributed by atoms with Gasteiger partial charge in [-0.2, -0.15) is 5.10 Å². The van der Waals surface area contributed by atoms with Gasteiger partial charge in [-0.3, -0.25) is 9.78 Å². The number of benzene rings is 1. The number of nitrogens with zero attached hydrogens (tertiary/aromatic N) is 4. The Hall–Kier alpha value is -3.87. The molecule has 0 radical (unpaired) electrons. The van der Waals surface area contributed by atoms with Gasteiger partial charge >= 0.3 is 0 Å². The van der Waals surface area contributed by atoms with Crippen molar-refractivity contribution in [3.63, 3.8) is 0 Å². The molecule has 3 aromatic heterocycles. The zero-order valence-corrected chi connectivity index (χ0v) is 20.0. The van der Waals surface area contributed by atoms with E-state index < -0.39 is 0 Å². The minimum Gasteiger partial charge on any atom is -0.493 e. The van der Waals surface area contributed by atoms with Crippen LogP contribution in [-0.4, -0.2) is 45.6 Å². The van der Waals surface area contributed by atoms with E-state index in [1.54, 1.807) is 13.3 Å². The molecule has 0 bridgehead atoms. The first-order valence-electron chi connectivity index (χ1n) is 12.1. The first kappa shape index (κ1) is 22.9. The molecule has 1 amide bonds. The SMILES string of the molecule is COc1cccc(C(=O)N2CCC[C@@H](Cc3cccn4nccc34)CC2)c1OCc1ccccn1. The number of carbonyl (C=O) groups excluding carboxylic acids is 1. The fourth-order valence-corrected chi connectivity index (χ4v) is 4.86. The molecule has 1 aromatic carbocycles. The molecule has 4 aromatic rings. The number of amides is 1. The third-order valence-corrected chi connectivity index (χ3v) is 6.69. The van der Waals surface area contributed by atoms with Crippen molar-refractivity contribution in [1.82, 2.24) is 19.5 Å². The van der Waals surface area contributed by atoms with Crippen molar-refractivity contribution in [1.29, 1.82) is 0 Å². The van der Waals surface area contributed by atoms with Gasteiger partial charge in [0.05, 0.1) is 23.9 Å². The number of rotatable bonds is 7. The molecule has 1 fully saturated rings. The molecular weight excluding hydrogens is 440 g/mol. The summed E-state index contributed by atoms with van der Waals surface area (Å²) in [5.74, 6) is 1.53. The molecule has 1 saturated heterocycles. The molecule has 7 heteroatoms. The van der Waals surface area contributed by atoms with Gasteiger partial charge in [0.2, 0.25) is 0 Å². The second-order valence-corrected chi connectivity index (χ2v) is 8.93. The summed E-state index contributed by atoms with van der Waals surface area (Å²) in [4.78, 5) is 19.9. The van der Waals surface area contributed by atoms with Crippen LogP contribution in [0, 0.1) is 5.92 Å². The number of carbonyl (C=O) groups is 1. The lowest BCUT2D eigenvalue weighted by Crippen LogP contribution is -2.32. The highest BCUT2D eigenvalue weighted by Gasteiger charge is 2.26. The lowest BCUT2D eigenvalue weighted by Gasteiger charge is -2.23. The highest BCUT2D eigenvalue weighted by atomic mass is 16.5. The summed E-state index contributed by atoms with van der Waals surface area (Å²) in [5.41, 5.74) is 3.80. The van der Waals surface area contributed by atoms with E-state index in [2.05, 4.69) is 28.3 Å². The quantitative estimate of drug-likeness (QED) is 0.388. The van der Waals surface area contributed by atoms with Gasteiger partial charge in [0.25, 0.3) is 5.91 Å². The van der Waals surface area contributed by atoms with Crippen LogP contribution >= 0.6 is 0 Å². The molecule has 1 aliphatic rings. The summed E-state index contributed by atoms with van der Waals surface area (Å²) >= 11 is 0. The van der Waals surface area contributed by atoms with Crippen LogP contribution in [0.15, 0.2) is 73.2 Å². The van der Waals surface area contributed by atoms with Crippen LogP contribution in [0.25, 0.3) is 5.52 Å². The van der Waals surface area contributed by atoms with Gasteiger partial charge in [0.15, 0.2) is 11.5 Å². The Morgan fingerprint density at radius 2 is 1.97 bits per heavy atom. The van der Waals surface area contributed by atoms with Gasteiger partial charge in [-0.25, -0.2) is 4.52 Å². The van der Waals surface area contributed by atoms with Crippen LogP contribution < -0.4 is 9.47 Å². The summed E-state index contributed by atoms with van der Waals surface area (Å²) in [6, 6.07) is 17.5. The van der Waals surface area contributed by atoms with Gasteiger partial charge in [-0.1, -0.05) is 18.2 Å². The average molecular weight is 471 g/mol. The van der Waals surface area contributed by atoms with E-state index in [-0.39, 0.29) is 12.5 Å². The third kappa shape index (κ3) is 5.14. The molecule has 0 N–H and O–H groups in total. The number of ether oxygens (including phenoxy) is 2. The highest BCUT2D eigenvalue weighted by Crippen LogP contribution is 2.33. The van der Waals surface area contributed by atoms with Crippen LogP contribution in [0.5, 0.6) is 11.5 Å². The number of likely N-dealkylation sites (tertiary alicyclic amines) is 1. The minimum absolute atomic E-state index is 0.0153. The van der Waals surface area contributed by atoms with E-state index in [1.807, 2.05) is 58.2 Å². The Labute approximate surface area is 205 Å². The van der Waals surface area contributed by atoms with Gasteiger partial charge < -0.3 is 14.4 Å². The van der Waals surface area contributed by atoms with Gasteiger partial charge in [0.1, 0.15) is 6.61 Å². The Morgan fingerprint density at radius 1 is 1.03 bits per heavy atom. The average Bonchev–Trinajstić information content (AvgIpc) is 3.27. The molecule has 35 heavy (non-hydrogen) atoms. The maximum atomic E-state index is 13.6. The van der Waals surface area contributed by atoms with Crippen molar-refractivity contribution in [2.45, 2.75) is 32.3 Å². The Bertz CT molecular complexity index is 1290. The molecule has 0 aliphatic carbocycles. The Balaban J connectivity index is 1.29. The van der Waals surface area contributed by atoms with Crippen molar-refractivity contribution in [3.05, 3.63) is 90.0 Å². The first-order valence-corrected chi connectivity index (χ1v) is 12.1. The lowest BCUT2D eigenvalue weighted by atomic mass is 9.92. The monoisotopic (exact) mass is 470 g/mol. The predicted molar refractivity (Wildman–Crippen MR) is 134 cm³/mol. The van der Waals surface area contributed by atoms with Gasteiger partial charge in [0, 0.05) is 31.7 Å². The van der Waals surface area contributed by atoms with Crippen molar-refractivity contribution >= 4 is 11.4 Å². The van der Waals surface area contributed by atoms with Gasteiger partial charge in [-0.15, -0.1) is 0 Å². The Kier molecular flexibility index (Phi) is 6.93. The maximum Gasteiger partial charge on any atom is 0.257 e. The summed E-state index contributed by atoms with van der Waals surface area (Å²) in [5, 5.41) is 4.35. The third-order valence-electron chi connectivity index (χ3n) is 6.69. The lowest BCUT2D eigenvalue weighted by molar-refractivity contribution is 0.0754. The molecule has 0 spiro atoms. The first-order chi connectivity index (χ1) is 17.2. The number of fused-ring (bicyclic) bond motifs is 1. The largest absolute Gasteiger partial charge is 0.493 e. The number of para-hydroxylation sites is 1. The number of pyridine rings is 2. The smallest absolute Gasteiger partial charge is 0.257 e. The molecule has 4 heterocycles. The predicted octanol–water partition coefficient (Wildman–Crippen LogP) is 4.80. The normalized spacial score (nSPS) is 16.1. The van der Waals surface area contributed by atoms with Crippen LogP contribution in [-0.2, 0) is 13.0 Å². The zero-order chi connectivity index (χ0) is 24.0. The fraction of sp³-hybridized carbons (Fsp3) is 0.321. The van der Waals surface area contributed by atoms with E-state index in [1.165, 1.54) is 5.56 Å². The second-order valence-electron chi connectivity index (χ2n) is 8.93. The van der Waals surface area contributed by atoms with E-state index in [4.69, 9.17) is 9.47 Å². The topological polar surface area (TPSA) is 69.0 Å². The summed E-state index contributed by atoms with van der Waals surface area (Å²) in [7, 11) is 1.59. The fourth-order valence-electron chi connectivity index (χ4n) is 4.86. The van der Waals surface area contributed by atoms with Crippen molar-refractivity contribution in [2.75, 3.05) is 20.2 Å². The van der Waals surface area contributed by atoms with Crippen molar-refractivity contribution in [2.24, 2.45) is 5.92 Å². The van der Waals surface area contributed by atoms with Crippen LogP contribution in [0.2, 0.25) is 0 Å². The summed E-state index contributed by atoms with van der Waals surface area (Å²) in [6.07, 6.45) is 9.59. The highest BCUT2D eigenvalue weighted by molar-refractivity contribution is 5.97. The Morgan fingerprint density at radius 3 is 2.83 bits per heavy atom. The van der Waals surface area contributed by atoms with E-state index in [0.29, 0.717) is 23.0 Å². The van der Waals surface area contributed by atoms with E-state index in [0.717, 1.165) is 50.0 Å². The summed E-state index contributed by atoms with van der Waals surface area (Å²) in [6.45, 7) is 1.73. The second kappa shape index (κ2) is 10.6. The number of methoxy groups -OCH3 is 1. The molecule has 0 unspecified atom stereocenters. The van der Waals surface area contributed by atoms with Crippen LogP contribution in [0.1, 0.15) is 40.9 Å². The molecule has 1 atom stereocenters. The summed E-state index contributed by atoms with van der Waals surface area (Å²) < 4.78 is 13.5. The molecule has 180 valence electrons. The number of hydrogen-bond acceptors (Lipinski definition) is 5. The minimum atomic E-state index is -0.0153.